The van der Waals surface area contributed by atoms with Gasteiger partial charge in [0, 0.05) is 130 Å². The average Bonchev–Trinajstić information content (AvgIpc) is 2.76. The van der Waals surface area contributed by atoms with E-state index in [2.05, 4.69) is 31.4 Å². The van der Waals surface area contributed by atoms with E-state index >= 15 is 0 Å². The molecule has 2 aliphatic rings. The van der Waals surface area contributed by atoms with Gasteiger partial charge in [0.1, 0.15) is 5.54 Å². The van der Waals surface area contributed by atoms with E-state index in [0.717, 1.165) is 6.42 Å². The molecule has 1 N–H and O–H groups in total. The number of hydrogen-bond acceptors (Lipinski definition) is 3. The Hall–Kier alpha value is 3.48. The molecule has 4 nitrogen and oxygen atoms in total. The van der Waals surface area contributed by atoms with Crippen LogP contribution in [0.1, 0.15) is 27.2 Å². The molecule has 0 spiro atoms. The van der Waals surface area contributed by atoms with Crippen LogP contribution < -0.4 is 5.32 Å². The Kier molecular flexibility index (Phi) is 13.5. The van der Waals surface area contributed by atoms with Gasteiger partial charge in [-0.2, -0.15) is 0 Å². The zero-order valence-corrected chi connectivity index (χ0v) is 23.3. The first-order valence-corrected chi connectivity index (χ1v) is 6.09. The van der Waals surface area contributed by atoms with Crippen LogP contribution in [0.15, 0.2) is 0 Å². The van der Waals surface area contributed by atoms with Crippen molar-refractivity contribution >= 4 is 5.97 Å². The van der Waals surface area contributed by atoms with Crippen molar-refractivity contribution in [3.8, 4) is 0 Å². The summed E-state index contributed by atoms with van der Waals surface area (Å²) in [7, 11) is 1.46. The van der Waals surface area contributed by atoms with Crippen LogP contribution in [0.3, 0.4) is 0 Å². The first-order chi connectivity index (χ1) is 7.56. The van der Waals surface area contributed by atoms with E-state index in [4.69, 9.17) is 4.74 Å². The van der Waals surface area contributed by atoms with E-state index in [1.54, 1.807) is 0 Å². The second-order valence-corrected chi connectivity index (χ2v) is 5.09. The fourth-order valence-electron chi connectivity index (χ4n) is 3.58. The van der Waals surface area contributed by atoms with Crippen molar-refractivity contribution in [3.63, 3.8) is 0 Å². The predicted molar refractivity (Wildman–Crippen MR) is 62.3 cm³/mol. The molecule has 19 heavy (non-hydrogen) atoms. The Labute approximate surface area is 215 Å². The molecule has 0 saturated carbocycles. The van der Waals surface area contributed by atoms with Gasteiger partial charge in [-0.25, -0.2) is 0 Å². The van der Waals surface area contributed by atoms with Crippen molar-refractivity contribution in [2.45, 2.75) is 44.8 Å². The number of ether oxygens (including phenoxy) is 1. The molecule has 0 aliphatic carbocycles. The van der Waals surface area contributed by atoms with Crippen LogP contribution in [0.2, 0.25) is 0 Å². The van der Waals surface area contributed by atoms with Crippen molar-refractivity contribution in [2.24, 2.45) is 11.8 Å². The molecule has 101 valence electrons. The Morgan fingerprint density at radius 2 is 1.95 bits per heavy atom. The van der Waals surface area contributed by atoms with E-state index in [1.807, 2.05) is 0 Å². The van der Waals surface area contributed by atoms with Crippen molar-refractivity contribution < 1.29 is 133 Å². The largest absolute Gasteiger partial charge is 0.657 e. The Balaban J connectivity index is 0. The molecule has 2 heterocycles. The first kappa shape index (κ1) is 24.7. The molecular weight excluding hydrogens is 627 g/mol. The average molecular weight is 648 g/mol. The Bertz CT molecular complexity index is 307. The topological polar surface area (TPSA) is 52.4 Å². The van der Waals surface area contributed by atoms with Crippen molar-refractivity contribution in [2.75, 3.05) is 13.7 Å². The van der Waals surface area contributed by atoms with E-state index in [9.17, 15) is 4.79 Å². The van der Waals surface area contributed by atoms with Crippen LogP contribution in [0.25, 0.3) is 5.32 Å². The van der Waals surface area contributed by atoms with E-state index in [1.165, 1.54) is 7.11 Å². The van der Waals surface area contributed by atoms with Crippen molar-refractivity contribution in [1.29, 1.82) is 0 Å². The van der Waals surface area contributed by atoms with Crippen LogP contribution in [-0.2, 0) is 9.53 Å². The first-order valence-electron chi connectivity index (χ1n) is 6.09. The molecule has 0 aromatic heterocycles. The zero-order valence-electron chi connectivity index (χ0n) is 12.2. The van der Waals surface area contributed by atoms with Crippen LogP contribution >= 0.6 is 0 Å². The summed E-state index contributed by atoms with van der Waals surface area (Å²) in [6.45, 7) is 7.04. The second-order valence-electron chi connectivity index (χ2n) is 5.09. The van der Waals surface area contributed by atoms with Gasteiger partial charge in [0.15, 0.2) is 0 Å². The van der Waals surface area contributed by atoms with Crippen LogP contribution in [0, 0.1) is 136 Å². The third-order valence-corrected chi connectivity index (χ3v) is 4.35. The quantitative estimate of drug-likeness (QED) is 0.461. The number of carbonyl (C=O) groups is 1. The molecular formula is C12H21N2O2Pr3-. The van der Waals surface area contributed by atoms with Gasteiger partial charge in [-0.1, -0.05) is 20.8 Å². The van der Waals surface area contributed by atoms with Gasteiger partial charge in [0.05, 0.1) is 7.11 Å². The minimum absolute atomic E-state index is 0. The molecule has 0 amide bonds. The molecule has 5 atom stereocenters. The summed E-state index contributed by atoms with van der Waals surface area (Å²) in [5, 5.41) is 8.00. The number of rotatable bonds is 2. The predicted octanol–water partition coefficient (Wildman–Crippen LogP) is 1.31. The number of methoxy groups -OCH3 is 1. The maximum atomic E-state index is 12.0. The minimum Gasteiger partial charge on any atom is -0.657 e. The third kappa shape index (κ3) is 4.52. The second kappa shape index (κ2) is 10.4. The molecule has 0 aromatic carbocycles. The smallest absolute Gasteiger partial charge is 0.324 e. The molecule has 0 aromatic rings. The molecule has 2 saturated heterocycles. The van der Waals surface area contributed by atoms with Crippen LogP contribution in [0.5, 0.6) is 0 Å². The van der Waals surface area contributed by atoms with Crippen molar-refractivity contribution in [3.05, 3.63) is 5.32 Å². The van der Waals surface area contributed by atoms with E-state index < -0.39 is 5.54 Å². The van der Waals surface area contributed by atoms with Crippen LogP contribution in [-0.4, -0.2) is 37.2 Å². The number of hydrogen-bond donors (Lipinski definition) is 1. The summed E-state index contributed by atoms with van der Waals surface area (Å²) in [5.41, 5.74) is -0.547. The Morgan fingerprint density at radius 3 is 2.42 bits per heavy atom. The summed E-state index contributed by atoms with van der Waals surface area (Å²) >= 11 is 0. The summed E-state index contributed by atoms with van der Waals surface area (Å²) < 4.78 is 4.97. The maximum absolute atomic E-state index is 12.0. The fraction of sp³-hybridized carbons (Fsp3) is 0.917. The number of esters is 1. The van der Waals surface area contributed by atoms with E-state index in [-0.39, 0.29) is 142 Å². The molecule has 5 unspecified atom stereocenters. The van der Waals surface area contributed by atoms with Gasteiger partial charge in [0.25, 0.3) is 0 Å². The molecule has 0 bridgehead atoms. The molecule has 2 fully saturated rings. The standard InChI is InChI=1S/C12H21N2O2.3Pr/c1-5-9-7(2)10-8(3)13-6-12(10,14-9)11(15)16-4;;;/h7-10,14H,5-6H2,1-4H3;;;/q-1;;;. The van der Waals surface area contributed by atoms with Gasteiger partial charge in [-0.05, 0) is 18.3 Å². The van der Waals surface area contributed by atoms with Gasteiger partial charge >= 0.3 is 5.97 Å². The van der Waals surface area contributed by atoms with Crippen molar-refractivity contribution in [1.82, 2.24) is 5.32 Å². The molecule has 2 aliphatic heterocycles. The molecule has 2 rings (SSSR count). The van der Waals surface area contributed by atoms with Gasteiger partial charge in [-0.3, -0.25) is 4.79 Å². The number of carbonyl (C=O) groups excluding carboxylic acids is 1. The number of fused-ring (bicyclic) bond motifs is 1. The van der Waals surface area contributed by atoms with Gasteiger partial charge in [-0.15, -0.1) is 12.6 Å². The molecule has 3 radical (unpaired) electrons. The number of nitrogens with one attached hydrogen (secondary N) is 1. The monoisotopic (exact) mass is 648 g/mol. The summed E-state index contributed by atoms with van der Waals surface area (Å²) in [6, 6.07) is 0.653. The summed E-state index contributed by atoms with van der Waals surface area (Å²) in [4.78, 5) is 12.0. The zero-order chi connectivity index (χ0) is 11.9. The number of nitrogens with zero attached hydrogens (tertiary/aromatic N) is 1. The summed E-state index contributed by atoms with van der Waals surface area (Å²) in [6.07, 6.45) is 1.04. The SMILES string of the molecule is CCC1NC2(C(=O)OC)C[N-]C(C)C2C1C.[Pr].[Pr].[Pr]. The normalized spacial score (nSPS) is 39.4. The van der Waals surface area contributed by atoms with Gasteiger partial charge in [0.2, 0.25) is 0 Å². The van der Waals surface area contributed by atoms with Gasteiger partial charge < -0.3 is 15.4 Å². The van der Waals surface area contributed by atoms with E-state index in [0.29, 0.717) is 18.5 Å². The maximum Gasteiger partial charge on any atom is 0.324 e. The molecule has 7 heteroatoms. The Morgan fingerprint density at radius 1 is 1.37 bits per heavy atom. The minimum atomic E-state index is -0.547. The fourth-order valence-corrected chi connectivity index (χ4v) is 3.58. The summed E-state index contributed by atoms with van der Waals surface area (Å²) in [5.74, 6) is 0.614. The van der Waals surface area contributed by atoms with Crippen LogP contribution in [0.4, 0.5) is 0 Å². The third-order valence-electron chi connectivity index (χ3n) is 4.35.